The molecule has 0 unspecified atom stereocenters. The summed E-state index contributed by atoms with van der Waals surface area (Å²) in [6.07, 6.45) is 2.43. The van der Waals surface area contributed by atoms with Crippen LogP contribution in [0, 0.1) is 5.82 Å². The standard InChI is InChI=1S/C15H18FN3O2/c1-2-21-11-3-9-17-15(20)14-8-10-19(18-14)13-6-4-12(16)5-7-13/h4-8,10H,2-3,9,11H2,1H3,(H,17,20). The topological polar surface area (TPSA) is 56.1 Å². The Morgan fingerprint density at radius 2 is 2.10 bits per heavy atom. The van der Waals surface area contributed by atoms with E-state index in [9.17, 15) is 9.18 Å². The van der Waals surface area contributed by atoms with Crippen molar-refractivity contribution in [3.8, 4) is 5.69 Å². The minimum absolute atomic E-state index is 0.229. The van der Waals surface area contributed by atoms with Crippen molar-refractivity contribution < 1.29 is 13.9 Å². The van der Waals surface area contributed by atoms with Crippen molar-refractivity contribution in [2.45, 2.75) is 13.3 Å². The number of carbonyl (C=O) groups is 1. The summed E-state index contributed by atoms with van der Waals surface area (Å²) < 4.78 is 19.6. The lowest BCUT2D eigenvalue weighted by Gasteiger charge is -2.03. The molecule has 1 amide bonds. The number of amides is 1. The summed E-state index contributed by atoms with van der Waals surface area (Å²) >= 11 is 0. The summed E-state index contributed by atoms with van der Waals surface area (Å²) in [6.45, 7) is 3.78. The van der Waals surface area contributed by atoms with Gasteiger partial charge < -0.3 is 10.1 Å². The summed E-state index contributed by atoms with van der Waals surface area (Å²) in [4.78, 5) is 11.9. The summed E-state index contributed by atoms with van der Waals surface area (Å²) in [5, 5.41) is 6.95. The molecule has 2 aromatic rings. The van der Waals surface area contributed by atoms with Gasteiger partial charge in [-0.3, -0.25) is 4.79 Å². The number of nitrogens with one attached hydrogen (secondary N) is 1. The lowest BCUT2D eigenvalue weighted by Crippen LogP contribution is -2.25. The van der Waals surface area contributed by atoms with Crippen LogP contribution in [0.5, 0.6) is 0 Å². The van der Waals surface area contributed by atoms with E-state index in [1.54, 1.807) is 24.4 Å². The zero-order valence-electron chi connectivity index (χ0n) is 11.9. The van der Waals surface area contributed by atoms with Crippen molar-refractivity contribution in [3.63, 3.8) is 0 Å². The molecule has 0 bridgehead atoms. The number of ether oxygens (including phenoxy) is 1. The highest BCUT2D eigenvalue weighted by atomic mass is 19.1. The normalized spacial score (nSPS) is 10.6. The zero-order valence-corrected chi connectivity index (χ0v) is 11.9. The second kappa shape index (κ2) is 7.54. The Kier molecular flexibility index (Phi) is 5.45. The minimum atomic E-state index is -0.307. The molecule has 21 heavy (non-hydrogen) atoms. The Morgan fingerprint density at radius 3 is 2.81 bits per heavy atom. The molecule has 0 aliphatic heterocycles. The first-order valence-electron chi connectivity index (χ1n) is 6.88. The minimum Gasteiger partial charge on any atom is -0.382 e. The first kappa shape index (κ1) is 15.2. The van der Waals surface area contributed by atoms with Gasteiger partial charge >= 0.3 is 0 Å². The molecule has 0 spiro atoms. The van der Waals surface area contributed by atoms with E-state index < -0.39 is 0 Å². The number of rotatable bonds is 7. The average Bonchev–Trinajstić information content (AvgIpc) is 2.97. The Balaban J connectivity index is 1.90. The van der Waals surface area contributed by atoms with Gasteiger partial charge in [-0.05, 0) is 43.7 Å². The molecule has 0 saturated heterocycles. The number of hydrogen-bond acceptors (Lipinski definition) is 3. The Labute approximate surface area is 122 Å². The second-order valence-corrected chi connectivity index (χ2v) is 4.43. The molecular formula is C15H18FN3O2. The average molecular weight is 291 g/mol. The lowest BCUT2D eigenvalue weighted by atomic mass is 10.3. The highest BCUT2D eigenvalue weighted by Crippen LogP contribution is 2.08. The summed E-state index contributed by atoms with van der Waals surface area (Å²) in [5.41, 5.74) is 1.03. The molecule has 2 rings (SSSR count). The van der Waals surface area contributed by atoms with Crippen LogP contribution in [-0.4, -0.2) is 35.4 Å². The van der Waals surface area contributed by atoms with Gasteiger partial charge in [0.05, 0.1) is 5.69 Å². The number of nitrogens with zero attached hydrogens (tertiary/aromatic N) is 2. The Hall–Kier alpha value is -2.21. The van der Waals surface area contributed by atoms with Crippen LogP contribution < -0.4 is 5.32 Å². The summed E-state index contributed by atoms with van der Waals surface area (Å²) in [7, 11) is 0. The van der Waals surface area contributed by atoms with Gasteiger partial charge in [0.1, 0.15) is 5.82 Å². The van der Waals surface area contributed by atoms with Crippen LogP contribution in [0.4, 0.5) is 4.39 Å². The SMILES string of the molecule is CCOCCCNC(=O)c1ccn(-c2ccc(F)cc2)n1. The summed E-state index contributed by atoms with van der Waals surface area (Å²) in [6, 6.07) is 7.54. The number of halogens is 1. The Bertz CT molecular complexity index is 581. The van der Waals surface area contributed by atoms with Gasteiger partial charge in [0.2, 0.25) is 0 Å². The Morgan fingerprint density at radius 1 is 1.33 bits per heavy atom. The van der Waals surface area contributed by atoms with E-state index in [2.05, 4.69) is 10.4 Å². The van der Waals surface area contributed by atoms with E-state index in [4.69, 9.17) is 4.74 Å². The van der Waals surface area contributed by atoms with Gasteiger partial charge in [-0.15, -0.1) is 0 Å². The molecule has 5 nitrogen and oxygen atoms in total. The highest BCUT2D eigenvalue weighted by molar-refractivity contribution is 5.92. The van der Waals surface area contributed by atoms with Gasteiger partial charge in [0, 0.05) is 26.0 Å². The molecular weight excluding hydrogens is 273 g/mol. The van der Waals surface area contributed by atoms with Crippen LogP contribution in [0.15, 0.2) is 36.5 Å². The molecule has 0 aliphatic carbocycles. The number of carbonyl (C=O) groups excluding carboxylic acids is 1. The third kappa shape index (κ3) is 4.39. The molecule has 1 aromatic heterocycles. The van der Waals surface area contributed by atoms with Crippen LogP contribution >= 0.6 is 0 Å². The largest absolute Gasteiger partial charge is 0.382 e. The third-order valence-corrected chi connectivity index (χ3v) is 2.87. The maximum atomic E-state index is 12.9. The maximum Gasteiger partial charge on any atom is 0.271 e. The smallest absolute Gasteiger partial charge is 0.271 e. The van der Waals surface area contributed by atoms with Crippen LogP contribution in [0.3, 0.4) is 0 Å². The maximum absolute atomic E-state index is 12.9. The zero-order chi connectivity index (χ0) is 15.1. The van der Waals surface area contributed by atoms with Crippen molar-refractivity contribution in [1.82, 2.24) is 15.1 Å². The monoisotopic (exact) mass is 291 g/mol. The van der Waals surface area contributed by atoms with E-state index in [0.29, 0.717) is 31.1 Å². The predicted octanol–water partition coefficient (Wildman–Crippen LogP) is 2.17. The first-order chi connectivity index (χ1) is 10.2. The van der Waals surface area contributed by atoms with E-state index in [0.717, 1.165) is 6.42 Å². The van der Waals surface area contributed by atoms with E-state index in [1.165, 1.54) is 16.8 Å². The molecule has 0 fully saturated rings. The molecule has 0 aliphatic rings. The van der Waals surface area contributed by atoms with E-state index >= 15 is 0 Å². The fraction of sp³-hybridized carbons (Fsp3) is 0.333. The molecule has 1 N–H and O–H groups in total. The molecule has 0 saturated carbocycles. The van der Waals surface area contributed by atoms with E-state index in [-0.39, 0.29) is 11.7 Å². The van der Waals surface area contributed by atoms with Crippen molar-refractivity contribution >= 4 is 5.91 Å². The molecule has 6 heteroatoms. The van der Waals surface area contributed by atoms with Crippen molar-refractivity contribution in [1.29, 1.82) is 0 Å². The fourth-order valence-corrected chi connectivity index (χ4v) is 1.79. The van der Waals surface area contributed by atoms with Crippen molar-refractivity contribution in [2.75, 3.05) is 19.8 Å². The lowest BCUT2D eigenvalue weighted by molar-refractivity contribution is 0.0939. The van der Waals surface area contributed by atoms with Gasteiger partial charge in [-0.25, -0.2) is 9.07 Å². The van der Waals surface area contributed by atoms with Crippen molar-refractivity contribution in [3.05, 3.63) is 48.0 Å². The first-order valence-corrected chi connectivity index (χ1v) is 6.88. The molecule has 1 heterocycles. The number of hydrogen-bond donors (Lipinski definition) is 1. The van der Waals surface area contributed by atoms with Crippen LogP contribution in [0.1, 0.15) is 23.8 Å². The predicted molar refractivity (Wildman–Crippen MR) is 77.0 cm³/mol. The van der Waals surface area contributed by atoms with Gasteiger partial charge in [0.25, 0.3) is 5.91 Å². The second-order valence-electron chi connectivity index (χ2n) is 4.43. The van der Waals surface area contributed by atoms with E-state index in [1.807, 2.05) is 6.92 Å². The van der Waals surface area contributed by atoms with Gasteiger partial charge in [-0.2, -0.15) is 5.10 Å². The van der Waals surface area contributed by atoms with Crippen LogP contribution in [0.25, 0.3) is 5.69 Å². The quantitative estimate of drug-likeness (QED) is 0.795. The van der Waals surface area contributed by atoms with Crippen LogP contribution in [0.2, 0.25) is 0 Å². The highest BCUT2D eigenvalue weighted by Gasteiger charge is 2.09. The van der Waals surface area contributed by atoms with Crippen molar-refractivity contribution in [2.24, 2.45) is 0 Å². The fourth-order valence-electron chi connectivity index (χ4n) is 1.79. The number of aromatic nitrogens is 2. The van der Waals surface area contributed by atoms with Gasteiger partial charge in [0.15, 0.2) is 5.69 Å². The summed E-state index contributed by atoms with van der Waals surface area (Å²) in [5.74, 6) is -0.537. The van der Waals surface area contributed by atoms with Crippen LogP contribution in [-0.2, 0) is 4.74 Å². The molecule has 0 atom stereocenters. The third-order valence-electron chi connectivity index (χ3n) is 2.87. The molecule has 112 valence electrons. The molecule has 0 radical (unpaired) electrons. The molecule has 1 aromatic carbocycles. The number of benzene rings is 1. The van der Waals surface area contributed by atoms with Gasteiger partial charge in [-0.1, -0.05) is 0 Å².